The highest BCUT2D eigenvalue weighted by Crippen LogP contribution is 2.29. The quantitative estimate of drug-likeness (QED) is 0.838. The maximum atomic E-state index is 14.0. The Labute approximate surface area is 146 Å². The summed E-state index contributed by atoms with van der Waals surface area (Å²) in [5, 5.41) is 0.382. The molecule has 2 aromatic carbocycles. The maximum absolute atomic E-state index is 14.0. The van der Waals surface area contributed by atoms with Gasteiger partial charge in [0.05, 0.1) is 6.04 Å². The number of amides is 1. The van der Waals surface area contributed by atoms with Crippen molar-refractivity contribution in [1.82, 2.24) is 4.90 Å². The Morgan fingerprint density at radius 1 is 1.29 bits per heavy atom. The highest BCUT2D eigenvalue weighted by atomic mass is 35.5. The average Bonchev–Trinajstić information content (AvgIpc) is 3.01. The molecule has 0 saturated carbocycles. The number of rotatable bonds is 4. The summed E-state index contributed by atoms with van der Waals surface area (Å²) in [5.74, 6) is -0.324. The summed E-state index contributed by atoms with van der Waals surface area (Å²) < 4.78 is 14.0. The van der Waals surface area contributed by atoms with E-state index in [1.807, 2.05) is 42.0 Å². The molecule has 0 radical (unpaired) electrons. The summed E-state index contributed by atoms with van der Waals surface area (Å²) in [4.78, 5) is 16.5. The third-order valence-electron chi connectivity index (χ3n) is 4.64. The van der Waals surface area contributed by atoms with Crippen LogP contribution in [0.2, 0.25) is 5.02 Å². The Morgan fingerprint density at radius 3 is 2.79 bits per heavy atom. The van der Waals surface area contributed by atoms with Crippen molar-refractivity contribution in [3.63, 3.8) is 0 Å². The second-order valence-corrected chi connectivity index (χ2v) is 6.57. The number of carbonyl (C=O) groups is 1. The lowest BCUT2D eigenvalue weighted by atomic mass is 10.1. The van der Waals surface area contributed by atoms with Gasteiger partial charge >= 0.3 is 0 Å². The number of halogens is 2. The van der Waals surface area contributed by atoms with Crippen LogP contribution in [-0.2, 0) is 17.8 Å². The van der Waals surface area contributed by atoms with Gasteiger partial charge in [0.15, 0.2) is 0 Å². The van der Waals surface area contributed by atoms with E-state index >= 15 is 0 Å². The number of carbonyl (C=O) groups excluding carboxylic acids is 1. The normalized spacial score (nSPS) is 14.8. The van der Waals surface area contributed by atoms with Crippen LogP contribution < -0.4 is 4.90 Å². The summed E-state index contributed by atoms with van der Waals surface area (Å²) in [6.45, 7) is 2.82. The van der Waals surface area contributed by atoms with Gasteiger partial charge in [0.25, 0.3) is 0 Å². The van der Waals surface area contributed by atoms with Crippen molar-refractivity contribution in [3.8, 4) is 0 Å². The van der Waals surface area contributed by atoms with Crippen molar-refractivity contribution < 1.29 is 9.18 Å². The SMILES string of the molecule is C[C@H](C(=O)N1CCc2ccccc21)N(C)Cc1c(F)cccc1Cl. The molecule has 3 rings (SSSR count). The molecular weight excluding hydrogens is 327 g/mol. The minimum Gasteiger partial charge on any atom is -0.310 e. The molecule has 24 heavy (non-hydrogen) atoms. The molecular formula is C19H20ClFN2O. The lowest BCUT2D eigenvalue weighted by molar-refractivity contribution is -0.122. The lowest BCUT2D eigenvalue weighted by Crippen LogP contribution is -2.45. The fraction of sp³-hybridized carbons (Fsp3) is 0.316. The third kappa shape index (κ3) is 3.17. The zero-order valence-electron chi connectivity index (χ0n) is 13.8. The predicted octanol–water partition coefficient (Wildman–Crippen LogP) is 3.89. The zero-order chi connectivity index (χ0) is 17.3. The fourth-order valence-corrected chi connectivity index (χ4v) is 3.27. The van der Waals surface area contributed by atoms with E-state index in [9.17, 15) is 9.18 Å². The summed E-state index contributed by atoms with van der Waals surface area (Å²) >= 11 is 6.09. The molecule has 1 amide bonds. The molecule has 0 fully saturated rings. The molecule has 1 aliphatic rings. The van der Waals surface area contributed by atoms with E-state index in [0.29, 0.717) is 17.1 Å². The second kappa shape index (κ2) is 6.91. The van der Waals surface area contributed by atoms with Gasteiger partial charge in [-0.15, -0.1) is 0 Å². The van der Waals surface area contributed by atoms with E-state index in [1.165, 1.54) is 11.6 Å². The summed E-state index contributed by atoms with van der Waals surface area (Å²) in [5.41, 5.74) is 2.59. The zero-order valence-corrected chi connectivity index (χ0v) is 14.6. The number of nitrogens with zero attached hydrogens (tertiary/aromatic N) is 2. The fourth-order valence-electron chi connectivity index (χ4n) is 3.05. The summed E-state index contributed by atoms with van der Waals surface area (Å²) in [7, 11) is 1.81. The molecule has 5 heteroatoms. The highest BCUT2D eigenvalue weighted by molar-refractivity contribution is 6.31. The van der Waals surface area contributed by atoms with Gasteiger partial charge < -0.3 is 4.90 Å². The Balaban J connectivity index is 1.74. The summed E-state index contributed by atoms with van der Waals surface area (Å²) in [6, 6.07) is 12.2. The van der Waals surface area contributed by atoms with Gasteiger partial charge in [-0.25, -0.2) is 4.39 Å². The standard InChI is InChI=1S/C19H20ClFN2O/c1-13(22(2)12-15-16(20)7-5-8-17(15)21)19(24)23-11-10-14-6-3-4-9-18(14)23/h3-9,13H,10-12H2,1-2H3/t13-/m1/s1. The Morgan fingerprint density at radius 2 is 2.04 bits per heavy atom. The second-order valence-electron chi connectivity index (χ2n) is 6.16. The number of fused-ring (bicyclic) bond motifs is 1. The molecule has 0 aromatic heterocycles. The van der Waals surface area contributed by atoms with E-state index in [2.05, 4.69) is 6.07 Å². The Kier molecular flexibility index (Phi) is 4.88. The molecule has 0 aliphatic carbocycles. The van der Waals surface area contributed by atoms with Crippen LogP contribution in [0.25, 0.3) is 0 Å². The van der Waals surface area contributed by atoms with Gasteiger partial charge in [0.2, 0.25) is 5.91 Å². The minimum atomic E-state index is -0.369. The number of hydrogen-bond donors (Lipinski definition) is 0. The smallest absolute Gasteiger partial charge is 0.244 e. The number of benzene rings is 2. The first-order chi connectivity index (χ1) is 11.5. The molecule has 1 atom stereocenters. The lowest BCUT2D eigenvalue weighted by Gasteiger charge is -2.28. The van der Waals surface area contributed by atoms with Crippen molar-refractivity contribution in [2.75, 3.05) is 18.5 Å². The van der Waals surface area contributed by atoms with Crippen LogP contribution in [-0.4, -0.2) is 30.4 Å². The molecule has 0 saturated heterocycles. The molecule has 1 aliphatic heterocycles. The van der Waals surface area contributed by atoms with Gasteiger partial charge in [-0.2, -0.15) is 0 Å². The largest absolute Gasteiger partial charge is 0.310 e. The molecule has 1 heterocycles. The number of hydrogen-bond acceptors (Lipinski definition) is 2. The van der Waals surface area contributed by atoms with Crippen LogP contribution in [0.5, 0.6) is 0 Å². The van der Waals surface area contributed by atoms with Crippen LogP contribution in [0.15, 0.2) is 42.5 Å². The van der Waals surface area contributed by atoms with Crippen LogP contribution in [0.1, 0.15) is 18.1 Å². The van der Waals surface area contributed by atoms with E-state index in [1.54, 1.807) is 12.1 Å². The number of para-hydroxylation sites is 1. The van der Waals surface area contributed by atoms with E-state index in [4.69, 9.17) is 11.6 Å². The van der Waals surface area contributed by atoms with Crippen LogP contribution in [0.3, 0.4) is 0 Å². The van der Waals surface area contributed by atoms with Crippen LogP contribution in [0, 0.1) is 5.82 Å². The van der Waals surface area contributed by atoms with Gasteiger partial charge in [-0.05, 0) is 44.2 Å². The highest BCUT2D eigenvalue weighted by Gasteiger charge is 2.30. The molecule has 0 unspecified atom stereocenters. The van der Waals surface area contributed by atoms with Crippen LogP contribution >= 0.6 is 11.6 Å². The van der Waals surface area contributed by atoms with E-state index in [-0.39, 0.29) is 24.3 Å². The first-order valence-corrected chi connectivity index (χ1v) is 8.39. The molecule has 0 N–H and O–H groups in total. The van der Waals surface area contributed by atoms with E-state index in [0.717, 1.165) is 12.1 Å². The van der Waals surface area contributed by atoms with Crippen molar-refractivity contribution in [3.05, 3.63) is 64.4 Å². The first-order valence-electron chi connectivity index (χ1n) is 8.01. The molecule has 0 bridgehead atoms. The van der Waals surface area contributed by atoms with Gasteiger partial charge in [-0.1, -0.05) is 35.9 Å². The van der Waals surface area contributed by atoms with Gasteiger partial charge in [-0.3, -0.25) is 9.69 Å². The van der Waals surface area contributed by atoms with Crippen molar-refractivity contribution in [1.29, 1.82) is 0 Å². The Bertz CT molecular complexity index is 745. The minimum absolute atomic E-state index is 0.0231. The molecule has 3 nitrogen and oxygen atoms in total. The molecule has 126 valence electrons. The van der Waals surface area contributed by atoms with Crippen molar-refractivity contribution in [2.24, 2.45) is 0 Å². The summed E-state index contributed by atoms with van der Waals surface area (Å²) in [6.07, 6.45) is 0.873. The topological polar surface area (TPSA) is 23.6 Å². The average molecular weight is 347 g/mol. The van der Waals surface area contributed by atoms with E-state index < -0.39 is 0 Å². The molecule has 2 aromatic rings. The Hall–Kier alpha value is -1.91. The van der Waals surface area contributed by atoms with Crippen LogP contribution in [0.4, 0.5) is 10.1 Å². The van der Waals surface area contributed by atoms with Gasteiger partial charge in [0.1, 0.15) is 5.82 Å². The predicted molar refractivity (Wildman–Crippen MR) is 94.8 cm³/mol. The van der Waals surface area contributed by atoms with Crippen molar-refractivity contribution >= 4 is 23.2 Å². The first kappa shape index (κ1) is 16.9. The van der Waals surface area contributed by atoms with Crippen molar-refractivity contribution in [2.45, 2.75) is 25.9 Å². The van der Waals surface area contributed by atoms with Gasteiger partial charge in [0, 0.05) is 29.4 Å². The number of likely N-dealkylation sites (N-methyl/N-ethyl adjacent to an activating group) is 1. The number of anilines is 1. The maximum Gasteiger partial charge on any atom is 0.244 e. The third-order valence-corrected chi connectivity index (χ3v) is 5.00. The monoisotopic (exact) mass is 346 g/mol. The molecule has 0 spiro atoms.